The normalized spacial score (nSPS) is 11.9. The Morgan fingerprint density at radius 2 is 2.28 bits per heavy atom. The lowest BCUT2D eigenvalue weighted by Crippen LogP contribution is -2.41. The minimum atomic E-state index is -0.951. The zero-order chi connectivity index (χ0) is 13.5. The minimum absolute atomic E-state index is 0.104. The fraction of sp³-hybridized carbons (Fsp3) is 0.417. The van der Waals surface area contributed by atoms with Crippen molar-refractivity contribution >= 4 is 11.9 Å². The van der Waals surface area contributed by atoms with Gasteiger partial charge in [0.05, 0.1) is 6.04 Å². The van der Waals surface area contributed by atoms with Crippen molar-refractivity contribution in [1.82, 2.24) is 9.88 Å². The number of nitrogens with two attached hydrogens (primary N) is 1. The summed E-state index contributed by atoms with van der Waals surface area (Å²) in [4.78, 5) is 27.7. The van der Waals surface area contributed by atoms with Crippen molar-refractivity contribution in [3.05, 3.63) is 30.1 Å². The van der Waals surface area contributed by atoms with E-state index < -0.39 is 12.0 Å². The van der Waals surface area contributed by atoms with Crippen LogP contribution in [0.2, 0.25) is 0 Å². The van der Waals surface area contributed by atoms with Crippen molar-refractivity contribution in [2.75, 3.05) is 7.05 Å². The number of pyridine rings is 1. The van der Waals surface area contributed by atoms with Gasteiger partial charge in [0.1, 0.15) is 0 Å². The molecule has 0 aromatic carbocycles. The maximum atomic E-state index is 11.8. The molecule has 0 spiro atoms. The second kappa shape index (κ2) is 6.70. The lowest BCUT2D eigenvalue weighted by molar-refractivity contribution is -0.137. The summed E-state index contributed by atoms with van der Waals surface area (Å²) in [5, 5.41) is 8.53. The van der Waals surface area contributed by atoms with Gasteiger partial charge < -0.3 is 15.7 Å². The first-order valence-corrected chi connectivity index (χ1v) is 5.62. The van der Waals surface area contributed by atoms with Gasteiger partial charge in [-0.3, -0.25) is 14.6 Å². The van der Waals surface area contributed by atoms with Crippen molar-refractivity contribution in [2.24, 2.45) is 5.73 Å². The Labute approximate surface area is 105 Å². The van der Waals surface area contributed by atoms with Crippen LogP contribution in [0.4, 0.5) is 0 Å². The van der Waals surface area contributed by atoms with Gasteiger partial charge in [0.25, 0.3) is 0 Å². The first kappa shape index (κ1) is 14.1. The topological polar surface area (TPSA) is 96.5 Å². The lowest BCUT2D eigenvalue weighted by Gasteiger charge is -2.20. The van der Waals surface area contributed by atoms with Crippen LogP contribution in [0, 0.1) is 0 Å². The molecule has 1 aromatic rings. The van der Waals surface area contributed by atoms with Crippen LogP contribution in [-0.2, 0) is 16.1 Å². The predicted molar refractivity (Wildman–Crippen MR) is 65.6 cm³/mol. The molecule has 0 aliphatic carbocycles. The number of amides is 1. The first-order chi connectivity index (χ1) is 8.50. The van der Waals surface area contributed by atoms with Gasteiger partial charge in [0.15, 0.2) is 0 Å². The second-order valence-electron chi connectivity index (χ2n) is 4.09. The quantitative estimate of drug-likeness (QED) is 0.754. The molecule has 1 amide bonds. The Bertz CT molecular complexity index is 408. The Balaban J connectivity index is 2.48. The monoisotopic (exact) mass is 251 g/mol. The number of carboxylic acids is 1. The molecule has 18 heavy (non-hydrogen) atoms. The van der Waals surface area contributed by atoms with Crippen LogP contribution >= 0.6 is 0 Å². The van der Waals surface area contributed by atoms with Gasteiger partial charge in [-0.05, 0) is 18.1 Å². The molecule has 1 heterocycles. The molecule has 0 fully saturated rings. The number of likely N-dealkylation sites (N-methyl/N-ethyl adjacent to an activating group) is 1. The summed E-state index contributed by atoms with van der Waals surface area (Å²) in [5.41, 5.74) is 6.55. The van der Waals surface area contributed by atoms with Crippen molar-refractivity contribution in [3.8, 4) is 0 Å². The van der Waals surface area contributed by atoms with E-state index in [9.17, 15) is 9.59 Å². The summed E-state index contributed by atoms with van der Waals surface area (Å²) < 4.78 is 0. The molecule has 1 atom stereocenters. The molecule has 0 bridgehead atoms. The SMILES string of the molecule is CN(Cc1cccnc1)C(=O)C(N)CCC(=O)O. The maximum absolute atomic E-state index is 11.8. The molecule has 1 unspecified atom stereocenters. The van der Waals surface area contributed by atoms with E-state index in [1.54, 1.807) is 25.5 Å². The maximum Gasteiger partial charge on any atom is 0.303 e. The second-order valence-corrected chi connectivity index (χ2v) is 4.09. The summed E-state index contributed by atoms with van der Waals surface area (Å²) in [5.74, 6) is -1.21. The van der Waals surface area contributed by atoms with Gasteiger partial charge in [0.2, 0.25) is 5.91 Å². The fourth-order valence-corrected chi connectivity index (χ4v) is 1.53. The zero-order valence-corrected chi connectivity index (χ0v) is 10.2. The molecule has 1 rings (SSSR count). The van der Waals surface area contributed by atoms with E-state index >= 15 is 0 Å². The van der Waals surface area contributed by atoms with Crippen LogP contribution in [-0.4, -0.2) is 40.0 Å². The number of carbonyl (C=O) groups excluding carboxylic acids is 1. The molecule has 0 saturated carbocycles. The standard InChI is InChI=1S/C12H17N3O3/c1-15(8-9-3-2-6-14-7-9)12(18)10(13)4-5-11(16)17/h2-3,6-7,10H,4-5,8,13H2,1H3,(H,16,17). The van der Waals surface area contributed by atoms with Gasteiger partial charge in [-0.15, -0.1) is 0 Å². The molecule has 3 N–H and O–H groups in total. The van der Waals surface area contributed by atoms with Gasteiger partial charge >= 0.3 is 5.97 Å². The van der Waals surface area contributed by atoms with Gasteiger partial charge in [-0.2, -0.15) is 0 Å². The van der Waals surface area contributed by atoms with E-state index in [1.807, 2.05) is 6.07 Å². The molecule has 0 aliphatic rings. The number of hydrogen-bond acceptors (Lipinski definition) is 4. The number of nitrogens with zero attached hydrogens (tertiary/aromatic N) is 2. The van der Waals surface area contributed by atoms with E-state index in [0.717, 1.165) is 5.56 Å². The van der Waals surface area contributed by atoms with Crippen LogP contribution in [0.15, 0.2) is 24.5 Å². The molecule has 6 heteroatoms. The summed E-state index contributed by atoms with van der Waals surface area (Å²) in [7, 11) is 1.63. The van der Waals surface area contributed by atoms with E-state index in [0.29, 0.717) is 6.54 Å². The third-order valence-electron chi connectivity index (χ3n) is 2.51. The third kappa shape index (κ3) is 4.50. The third-order valence-corrected chi connectivity index (χ3v) is 2.51. The Kier molecular flexibility index (Phi) is 5.26. The van der Waals surface area contributed by atoms with E-state index in [1.165, 1.54) is 4.90 Å². The summed E-state index contributed by atoms with van der Waals surface area (Å²) in [6.07, 6.45) is 3.37. The number of aliphatic carboxylic acids is 1. The number of aromatic nitrogens is 1. The molecule has 1 aromatic heterocycles. The highest BCUT2D eigenvalue weighted by Gasteiger charge is 2.18. The molecule has 0 aliphatic heterocycles. The average molecular weight is 251 g/mol. The molecule has 0 saturated heterocycles. The van der Waals surface area contributed by atoms with Crippen molar-refractivity contribution in [2.45, 2.75) is 25.4 Å². The van der Waals surface area contributed by atoms with Crippen LogP contribution in [0.25, 0.3) is 0 Å². The van der Waals surface area contributed by atoms with E-state index in [-0.39, 0.29) is 18.7 Å². The Morgan fingerprint density at radius 3 is 2.83 bits per heavy atom. The van der Waals surface area contributed by atoms with Gasteiger partial charge in [-0.25, -0.2) is 0 Å². The van der Waals surface area contributed by atoms with Gasteiger partial charge in [0, 0.05) is 32.4 Å². The number of carbonyl (C=O) groups is 2. The molecular weight excluding hydrogens is 234 g/mol. The van der Waals surface area contributed by atoms with Crippen molar-refractivity contribution in [1.29, 1.82) is 0 Å². The van der Waals surface area contributed by atoms with Crippen LogP contribution in [0.5, 0.6) is 0 Å². The van der Waals surface area contributed by atoms with E-state index in [2.05, 4.69) is 4.98 Å². The number of carboxylic acid groups (broad SMARTS) is 1. The van der Waals surface area contributed by atoms with Gasteiger partial charge in [-0.1, -0.05) is 6.07 Å². The highest BCUT2D eigenvalue weighted by molar-refractivity contribution is 5.82. The number of hydrogen-bond donors (Lipinski definition) is 2. The molecular formula is C12H17N3O3. The average Bonchev–Trinajstić information content (AvgIpc) is 2.36. The zero-order valence-electron chi connectivity index (χ0n) is 10.2. The summed E-state index contributed by atoms with van der Waals surface area (Å²) in [6, 6.07) is 2.88. The fourth-order valence-electron chi connectivity index (χ4n) is 1.53. The van der Waals surface area contributed by atoms with Crippen LogP contribution in [0.1, 0.15) is 18.4 Å². The summed E-state index contributed by atoms with van der Waals surface area (Å²) in [6.45, 7) is 0.410. The van der Waals surface area contributed by atoms with Crippen molar-refractivity contribution in [3.63, 3.8) is 0 Å². The Morgan fingerprint density at radius 1 is 1.56 bits per heavy atom. The molecule has 6 nitrogen and oxygen atoms in total. The van der Waals surface area contributed by atoms with Crippen LogP contribution in [0.3, 0.4) is 0 Å². The highest BCUT2D eigenvalue weighted by atomic mass is 16.4. The first-order valence-electron chi connectivity index (χ1n) is 5.62. The van der Waals surface area contributed by atoms with E-state index in [4.69, 9.17) is 10.8 Å². The smallest absolute Gasteiger partial charge is 0.303 e. The number of rotatable bonds is 6. The molecule has 98 valence electrons. The lowest BCUT2D eigenvalue weighted by atomic mass is 10.1. The largest absolute Gasteiger partial charge is 0.481 e. The van der Waals surface area contributed by atoms with Crippen molar-refractivity contribution < 1.29 is 14.7 Å². The molecule has 0 radical (unpaired) electrons. The highest BCUT2D eigenvalue weighted by Crippen LogP contribution is 2.04. The summed E-state index contributed by atoms with van der Waals surface area (Å²) >= 11 is 0. The minimum Gasteiger partial charge on any atom is -0.481 e. The predicted octanol–water partition coefficient (Wildman–Crippen LogP) is 0.232. The van der Waals surface area contributed by atoms with Crippen LogP contribution < -0.4 is 5.73 Å². The Hall–Kier alpha value is -1.95.